The topological polar surface area (TPSA) is 37.8 Å². The molecule has 2 heterocycles. The van der Waals surface area contributed by atoms with Gasteiger partial charge in [-0.25, -0.2) is 0 Å². The zero-order valence-corrected chi connectivity index (χ0v) is 8.27. The first-order valence-corrected chi connectivity index (χ1v) is 5.07. The van der Waals surface area contributed by atoms with Crippen LogP contribution in [-0.4, -0.2) is 16.5 Å². The Morgan fingerprint density at radius 3 is 3.07 bits per heavy atom. The maximum atomic E-state index is 4.28. The van der Waals surface area contributed by atoms with Gasteiger partial charge in [0.15, 0.2) is 0 Å². The van der Waals surface area contributed by atoms with Crippen molar-refractivity contribution < 1.29 is 0 Å². The molecule has 0 saturated carbocycles. The molecule has 1 aliphatic rings. The van der Waals surface area contributed by atoms with Crippen molar-refractivity contribution in [3.05, 3.63) is 42.4 Å². The summed E-state index contributed by atoms with van der Waals surface area (Å²) in [5.41, 5.74) is 4.67. The van der Waals surface area contributed by atoms with Gasteiger partial charge in [0, 0.05) is 30.2 Å². The maximum absolute atomic E-state index is 4.28. The van der Waals surface area contributed by atoms with Crippen LogP contribution in [0.15, 0.2) is 36.8 Å². The van der Waals surface area contributed by atoms with Crippen LogP contribution >= 0.6 is 0 Å². The number of fused-ring (bicyclic) bond motifs is 1. The number of nitrogens with one attached hydrogen (secondary N) is 1. The van der Waals surface area contributed by atoms with Crippen LogP contribution in [0, 0.1) is 0 Å². The predicted octanol–water partition coefficient (Wildman–Crippen LogP) is 2.11. The van der Waals surface area contributed by atoms with E-state index in [0.29, 0.717) is 0 Å². The zero-order valence-electron chi connectivity index (χ0n) is 8.27. The van der Waals surface area contributed by atoms with Crippen LogP contribution in [0.25, 0.3) is 11.3 Å². The molecule has 0 bridgehead atoms. The summed E-state index contributed by atoms with van der Waals surface area (Å²) >= 11 is 0. The molecule has 0 fully saturated rings. The fourth-order valence-corrected chi connectivity index (χ4v) is 1.90. The lowest BCUT2D eigenvalue weighted by Crippen LogP contribution is -1.91. The lowest BCUT2D eigenvalue weighted by atomic mass is 10.1. The molecular weight excluding hydrogens is 186 g/mol. The lowest BCUT2D eigenvalue weighted by Gasteiger charge is -2.03. The number of aromatic nitrogens is 2. The molecular formula is C12H11N3. The minimum atomic E-state index is 0.925. The van der Waals surface area contributed by atoms with E-state index < -0.39 is 0 Å². The van der Waals surface area contributed by atoms with Gasteiger partial charge in [-0.05, 0) is 18.1 Å². The predicted molar refractivity (Wildman–Crippen MR) is 59.7 cm³/mol. The molecule has 0 amide bonds. The molecule has 0 atom stereocenters. The van der Waals surface area contributed by atoms with Crippen molar-refractivity contribution in [1.29, 1.82) is 0 Å². The van der Waals surface area contributed by atoms with Gasteiger partial charge in [0.1, 0.15) is 0 Å². The second kappa shape index (κ2) is 3.35. The summed E-state index contributed by atoms with van der Waals surface area (Å²) in [5.74, 6) is 0. The average Bonchev–Trinajstić information content (AvgIpc) is 2.77. The van der Waals surface area contributed by atoms with Gasteiger partial charge in [-0.2, -0.15) is 0 Å². The molecule has 3 heteroatoms. The fraction of sp³-hybridized carbons (Fsp3) is 0.167. The van der Waals surface area contributed by atoms with E-state index >= 15 is 0 Å². The third-order valence-corrected chi connectivity index (χ3v) is 2.68. The molecule has 1 aliphatic heterocycles. The van der Waals surface area contributed by atoms with Crippen molar-refractivity contribution in [2.24, 2.45) is 0 Å². The Morgan fingerprint density at radius 2 is 2.20 bits per heavy atom. The molecule has 0 saturated heterocycles. The normalized spacial score (nSPS) is 13.3. The van der Waals surface area contributed by atoms with Crippen molar-refractivity contribution in [3.8, 4) is 11.3 Å². The van der Waals surface area contributed by atoms with E-state index in [1.807, 2.05) is 0 Å². The van der Waals surface area contributed by atoms with Crippen LogP contribution in [-0.2, 0) is 6.42 Å². The fourth-order valence-electron chi connectivity index (χ4n) is 1.90. The van der Waals surface area contributed by atoms with Crippen LogP contribution < -0.4 is 5.32 Å². The van der Waals surface area contributed by atoms with E-state index in [0.717, 1.165) is 24.2 Å². The second-order valence-corrected chi connectivity index (χ2v) is 3.64. The van der Waals surface area contributed by atoms with Crippen LogP contribution in [0.4, 0.5) is 5.69 Å². The summed E-state index contributed by atoms with van der Waals surface area (Å²) < 4.78 is 0. The molecule has 1 aromatic carbocycles. The van der Waals surface area contributed by atoms with Crippen molar-refractivity contribution in [2.75, 3.05) is 11.9 Å². The second-order valence-electron chi connectivity index (χ2n) is 3.64. The van der Waals surface area contributed by atoms with Crippen LogP contribution in [0.3, 0.4) is 0 Å². The van der Waals surface area contributed by atoms with E-state index in [2.05, 4.69) is 33.5 Å². The van der Waals surface area contributed by atoms with Crippen LogP contribution in [0.2, 0.25) is 0 Å². The number of hydrogen-bond donors (Lipinski definition) is 1. The summed E-state index contributed by atoms with van der Waals surface area (Å²) in [6.45, 7) is 1.04. The van der Waals surface area contributed by atoms with Gasteiger partial charge in [0.2, 0.25) is 0 Å². The maximum Gasteiger partial charge on any atom is 0.0885 e. The van der Waals surface area contributed by atoms with Gasteiger partial charge in [0.25, 0.3) is 0 Å². The van der Waals surface area contributed by atoms with E-state index in [9.17, 15) is 0 Å². The van der Waals surface area contributed by atoms with Gasteiger partial charge in [0.05, 0.1) is 11.9 Å². The molecule has 3 nitrogen and oxygen atoms in total. The average molecular weight is 197 g/mol. The molecule has 0 radical (unpaired) electrons. The Hall–Kier alpha value is -1.90. The Kier molecular flexibility index (Phi) is 1.88. The number of anilines is 1. The zero-order chi connectivity index (χ0) is 10.1. The summed E-state index contributed by atoms with van der Waals surface area (Å²) in [6.07, 6.45) is 6.32. The number of rotatable bonds is 1. The molecule has 1 aromatic heterocycles. The van der Waals surface area contributed by atoms with Crippen molar-refractivity contribution in [1.82, 2.24) is 9.97 Å². The highest BCUT2D eigenvalue weighted by molar-refractivity contribution is 5.68. The molecule has 0 unspecified atom stereocenters. The van der Waals surface area contributed by atoms with Gasteiger partial charge >= 0.3 is 0 Å². The van der Waals surface area contributed by atoms with Gasteiger partial charge in [-0.15, -0.1) is 0 Å². The van der Waals surface area contributed by atoms with Crippen molar-refractivity contribution in [2.45, 2.75) is 6.42 Å². The highest BCUT2D eigenvalue weighted by Gasteiger charge is 2.10. The molecule has 3 rings (SSSR count). The summed E-state index contributed by atoms with van der Waals surface area (Å²) in [7, 11) is 0. The van der Waals surface area contributed by atoms with Gasteiger partial charge in [-0.1, -0.05) is 12.1 Å². The molecule has 1 N–H and O–H groups in total. The Bertz CT molecular complexity index is 479. The molecule has 15 heavy (non-hydrogen) atoms. The first-order valence-electron chi connectivity index (χ1n) is 5.07. The highest BCUT2D eigenvalue weighted by Crippen LogP contribution is 2.27. The third-order valence-electron chi connectivity index (χ3n) is 2.68. The minimum Gasteiger partial charge on any atom is -0.384 e. The summed E-state index contributed by atoms with van der Waals surface area (Å²) in [4.78, 5) is 8.36. The minimum absolute atomic E-state index is 0.925. The number of nitrogens with zero attached hydrogens (tertiary/aromatic N) is 2. The smallest absolute Gasteiger partial charge is 0.0885 e. The standard InChI is InChI=1S/C12H11N3/c1-2-10(12-8-13-5-6-15-12)7-11-9(1)3-4-14-11/h1-2,5-8,14H,3-4H2. The SMILES string of the molecule is c1cnc(-c2ccc3c(c2)NCC3)cn1. The van der Waals surface area contributed by atoms with Crippen molar-refractivity contribution >= 4 is 5.69 Å². The first-order chi connectivity index (χ1) is 7.43. The summed E-state index contributed by atoms with van der Waals surface area (Å²) in [6, 6.07) is 6.42. The van der Waals surface area contributed by atoms with Gasteiger partial charge < -0.3 is 5.32 Å². The third kappa shape index (κ3) is 1.46. The number of hydrogen-bond acceptors (Lipinski definition) is 3. The summed E-state index contributed by atoms with van der Waals surface area (Å²) in [5, 5.41) is 3.36. The monoisotopic (exact) mass is 197 g/mol. The van der Waals surface area contributed by atoms with E-state index in [-0.39, 0.29) is 0 Å². The molecule has 74 valence electrons. The quantitative estimate of drug-likeness (QED) is 0.760. The molecule has 0 spiro atoms. The van der Waals surface area contributed by atoms with Gasteiger partial charge in [-0.3, -0.25) is 9.97 Å². The largest absolute Gasteiger partial charge is 0.384 e. The Balaban J connectivity index is 2.07. The van der Waals surface area contributed by atoms with Crippen LogP contribution in [0.5, 0.6) is 0 Å². The van der Waals surface area contributed by atoms with E-state index in [1.165, 1.54) is 11.3 Å². The number of benzene rings is 1. The Labute approximate surface area is 88.2 Å². The van der Waals surface area contributed by atoms with Crippen LogP contribution in [0.1, 0.15) is 5.56 Å². The molecule has 0 aliphatic carbocycles. The van der Waals surface area contributed by atoms with Crippen molar-refractivity contribution in [3.63, 3.8) is 0 Å². The molecule has 2 aromatic rings. The lowest BCUT2D eigenvalue weighted by molar-refractivity contribution is 1.11. The first kappa shape index (κ1) is 8.41. The van der Waals surface area contributed by atoms with E-state index in [1.54, 1.807) is 18.6 Å². The van der Waals surface area contributed by atoms with E-state index in [4.69, 9.17) is 0 Å². The Morgan fingerprint density at radius 1 is 1.20 bits per heavy atom. The highest BCUT2D eigenvalue weighted by atomic mass is 14.9.